The van der Waals surface area contributed by atoms with Crippen molar-refractivity contribution in [2.24, 2.45) is 0 Å². The molecule has 4 rings (SSSR count). The third kappa shape index (κ3) is 4.27. The number of carbonyl (C=O) groups is 2. The molecular weight excluding hydrogens is 506 g/mol. The lowest BCUT2D eigenvalue weighted by atomic mass is 10.2. The first-order valence-corrected chi connectivity index (χ1v) is 12.7. The Balaban J connectivity index is 1.56. The molecule has 0 N–H and O–H groups in total. The molecule has 2 fully saturated rings. The fraction of sp³-hybridized carbons (Fsp3) is 0.300. The topological polar surface area (TPSA) is 40.6 Å². The quantitative estimate of drug-likeness (QED) is 0.473. The van der Waals surface area contributed by atoms with Crippen LogP contribution in [0.25, 0.3) is 0 Å². The highest BCUT2D eigenvalue weighted by Crippen LogP contribution is 2.46. The highest BCUT2D eigenvalue weighted by atomic mass is 35.5. The van der Waals surface area contributed by atoms with E-state index in [9.17, 15) is 9.59 Å². The predicted molar refractivity (Wildman–Crippen MR) is 127 cm³/mol. The molecular formula is C20H16Cl4N2O2S2. The van der Waals surface area contributed by atoms with Crippen LogP contribution in [0.15, 0.2) is 36.4 Å². The molecule has 0 bridgehead atoms. The van der Waals surface area contributed by atoms with Crippen LogP contribution < -0.4 is 0 Å². The Labute approximate surface area is 203 Å². The Morgan fingerprint density at radius 2 is 1.03 bits per heavy atom. The van der Waals surface area contributed by atoms with Gasteiger partial charge in [0.15, 0.2) is 0 Å². The second-order valence-electron chi connectivity index (χ2n) is 6.77. The van der Waals surface area contributed by atoms with Crippen molar-refractivity contribution in [1.82, 2.24) is 9.80 Å². The molecule has 0 radical (unpaired) electrons. The van der Waals surface area contributed by atoms with Crippen LogP contribution in [0.1, 0.15) is 21.9 Å². The molecule has 4 nitrogen and oxygen atoms in total. The Kier molecular flexibility index (Phi) is 7.02. The van der Waals surface area contributed by atoms with Crippen LogP contribution in [-0.2, 0) is 9.59 Å². The van der Waals surface area contributed by atoms with E-state index in [-0.39, 0.29) is 22.6 Å². The van der Waals surface area contributed by atoms with E-state index in [2.05, 4.69) is 0 Å². The van der Waals surface area contributed by atoms with Gasteiger partial charge in [-0.1, -0.05) is 58.5 Å². The number of halogens is 4. The van der Waals surface area contributed by atoms with Crippen LogP contribution in [0, 0.1) is 0 Å². The van der Waals surface area contributed by atoms with Crippen molar-refractivity contribution in [1.29, 1.82) is 0 Å². The van der Waals surface area contributed by atoms with E-state index in [0.29, 0.717) is 44.7 Å². The normalized spacial score (nSPS) is 21.7. The largest absolute Gasteiger partial charge is 0.324 e. The van der Waals surface area contributed by atoms with Crippen LogP contribution in [0.2, 0.25) is 20.1 Å². The number of nitrogens with zero attached hydrogens (tertiary/aromatic N) is 2. The van der Waals surface area contributed by atoms with Gasteiger partial charge in [-0.25, -0.2) is 0 Å². The van der Waals surface area contributed by atoms with E-state index in [4.69, 9.17) is 46.4 Å². The van der Waals surface area contributed by atoms with Crippen molar-refractivity contribution in [2.75, 3.05) is 24.6 Å². The van der Waals surface area contributed by atoms with Gasteiger partial charge in [-0.15, -0.1) is 23.5 Å². The molecule has 2 heterocycles. The van der Waals surface area contributed by atoms with Gasteiger partial charge in [-0.3, -0.25) is 9.59 Å². The number of rotatable bonds is 5. The lowest BCUT2D eigenvalue weighted by Crippen LogP contribution is -2.39. The molecule has 2 atom stereocenters. The maximum atomic E-state index is 12.6. The van der Waals surface area contributed by atoms with E-state index in [1.807, 2.05) is 0 Å². The molecule has 2 saturated heterocycles. The van der Waals surface area contributed by atoms with Crippen molar-refractivity contribution in [3.8, 4) is 0 Å². The first-order chi connectivity index (χ1) is 14.4. The number of hydrogen-bond donors (Lipinski definition) is 0. The molecule has 10 heteroatoms. The summed E-state index contributed by atoms with van der Waals surface area (Å²) in [5.41, 5.74) is 1.45. The van der Waals surface area contributed by atoms with E-state index in [1.165, 1.54) is 23.5 Å². The van der Waals surface area contributed by atoms with Crippen molar-refractivity contribution in [3.63, 3.8) is 0 Å². The maximum Gasteiger partial charge on any atom is 0.233 e. The summed E-state index contributed by atoms with van der Waals surface area (Å²) in [6, 6.07) is 10.6. The lowest BCUT2D eigenvalue weighted by Gasteiger charge is -2.30. The maximum absolute atomic E-state index is 12.6. The summed E-state index contributed by atoms with van der Waals surface area (Å²) in [6.07, 6.45) is 0. The van der Waals surface area contributed by atoms with Crippen molar-refractivity contribution < 1.29 is 9.59 Å². The van der Waals surface area contributed by atoms with Gasteiger partial charge in [0.05, 0.1) is 11.5 Å². The first kappa shape index (κ1) is 22.4. The van der Waals surface area contributed by atoms with Gasteiger partial charge in [0.2, 0.25) is 11.8 Å². The molecule has 0 saturated carbocycles. The van der Waals surface area contributed by atoms with Crippen molar-refractivity contribution in [2.45, 2.75) is 10.7 Å². The average molecular weight is 522 g/mol. The summed E-state index contributed by atoms with van der Waals surface area (Å²) in [4.78, 5) is 28.7. The number of thioether (sulfide) groups is 2. The Morgan fingerprint density at radius 3 is 1.37 bits per heavy atom. The van der Waals surface area contributed by atoms with Crippen LogP contribution >= 0.6 is 69.9 Å². The Hall–Kier alpha value is -0.760. The smallest absolute Gasteiger partial charge is 0.233 e. The van der Waals surface area contributed by atoms with E-state index in [0.717, 1.165) is 11.1 Å². The molecule has 2 aromatic rings. The van der Waals surface area contributed by atoms with Crippen molar-refractivity contribution in [3.05, 3.63) is 67.6 Å². The molecule has 0 spiro atoms. The van der Waals surface area contributed by atoms with Crippen LogP contribution in [-0.4, -0.2) is 46.2 Å². The fourth-order valence-electron chi connectivity index (χ4n) is 3.58. The van der Waals surface area contributed by atoms with Crippen molar-refractivity contribution >= 4 is 81.7 Å². The minimum absolute atomic E-state index is 0.00684. The predicted octanol–water partition coefficient (Wildman–Crippen LogP) is 6.15. The Morgan fingerprint density at radius 1 is 0.700 bits per heavy atom. The second-order valence-corrected chi connectivity index (χ2v) is 10.5. The number of amides is 2. The summed E-state index contributed by atoms with van der Waals surface area (Å²) in [7, 11) is 0. The zero-order chi connectivity index (χ0) is 21.4. The van der Waals surface area contributed by atoms with Crippen LogP contribution in [0.4, 0.5) is 0 Å². The van der Waals surface area contributed by atoms with Gasteiger partial charge in [0, 0.05) is 44.3 Å². The van der Waals surface area contributed by atoms with Crippen LogP contribution in [0.3, 0.4) is 0 Å². The fourth-order valence-corrected chi connectivity index (χ4v) is 7.63. The molecule has 2 amide bonds. The molecule has 0 aliphatic carbocycles. The molecule has 158 valence electrons. The van der Waals surface area contributed by atoms with E-state index in [1.54, 1.807) is 46.2 Å². The highest BCUT2D eigenvalue weighted by Gasteiger charge is 2.39. The molecule has 2 aromatic carbocycles. The van der Waals surface area contributed by atoms with E-state index >= 15 is 0 Å². The molecule has 2 aliphatic rings. The number of benzene rings is 2. The van der Waals surface area contributed by atoms with Gasteiger partial charge in [-0.2, -0.15) is 0 Å². The molecule has 0 aromatic heterocycles. The lowest BCUT2D eigenvalue weighted by molar-refractivity contribution is -0.132. The first-order valence-electron chi connectivity index (χ1n) is 9.08. The second kappa shape index (κ2) is 9.39. The summed E-state index contributed by atoms with van der Waals surface area (Å²) < 4.78 is 0. The summed E-state index contributed by atoms with van der Waals surface area (Å²) in [5, 5.41) is 1.51. The summed E-state index contributed by atoms with van der Waals surface area (Å²) in [6.45, 7) is 0.728. The minimum Gasteiger partial charge on any atom is -0.324 e. The van der Waals surface area contributed by atoms with E-state index < -0.39 is 0 Å². The zero-order valence-electron chi connectivity index (χ0n) is 15.5. The molecule has 2 aliphatic heterocycles. The SMILES string of the molecule is O=C1CS[C@H](c2c(Cl)cccc2Cl)N1CCN1C(=O)CS[C@@H]1c1c(Cl)cccc1Cl. The summed E-state index contributed by atoms with van der Waals surface area (Å²) >= 11 is 28.5. The van der Waals surface area contributed by atoms with Gasteiger partial charge < -0.3 is 9.80 Å². The highest BCUT2D eigenvalue weighted by molar-refractivity contribution is 8.00. The standard InChI is InChI=1S/C20H16Cl4N2O2S2/c21-11-3-1-4-12(22)17(11)19-25(15(27)9-29-19)7-8-26-16(28)10-30-20(26)18-13(23)5-2-6-14(18)24/h1-6,19-20H,7-10H2/t19-,20-/m1/s1. The van der Waals surface area contributed by atoms with Gasteiger partial charge >= 0.3 is 0 Å². The van der Waals surface area contributed by atoms with Gasteiger partial charge in [-0.05, 0) is 24.3 Å². The van der Waals surface area contributed by atoms with Gasteiger partial charge in [0.25, 0.3) is 0 Å². The summed E-state index contributed by atoms with van der Waals surface area (Å²) in [5.74, 6) is 0.670. The minimum atomic E-state index is -0.286. The molecule has 30 heavy (non-hydrogen) atoms. The zero-order valence-corrected chi connectivity index (χ0v) is 20.1. The average Bonchev–Trinajstić information content (AvgIpc) is 3.23. The van der Waals surface area contributed by atoms with Crippen LogP contribution in [0.5, 0.6) is 0 Å². The monoisotopic (exact) mass is 520 g/mol. The third-order valence-corrected chi connectivity index (χ3v) is 8.77. The number of hydrogen-bond acceptors (Lipinski definition) is 4. The Bertz CT molecular complexity index is 887. The number of carbonyl (C=O) groups excluding carboxylic acids is 2. The third-order valence-electron chi connectivity index (χ3n) is 5.01. The molecule has 0 unspecified atom stereocenters. The van der Waals surface area contributed by atoms with Gasteiger partial charge in [0.1, 0.15) is 10.7 Å².